The molecule has 1 unspecified atom stereocenters. The number of alkyl halides is 1. The van der Waals surface area contributed by atoms with E-state index in [0.29, 0.717) is 16.6 Å². The molecule has 3 heteroatoms. The quantitative estimate of drug-likeness (QED) is 0.272. The molecule has 0 amide bonds. The van der Waals surface area contributed by atoms with E-state index >= 15 is 0 Å². The van der Waals surface area contributed by atoms with Gasteiger partial charge in [-0.3, -0.25) is 0 Å². The molecule has 2 saturated carbocycles. The Bertz CT molecular complexity index is 389. The number of fused-ring (bicyclic) bond motifs is 1. The van der Waals surface area contributed by atoms with Crippen molar-refractivity contribution in [1.29, 1.82) is 0 Å². The zero-order chi connectivity index (χ0) is 16.8. The second-order valence-corrected chi connectivity index (χ2v) is 15.4. The molecule has 0 saturated heterocycles. The lowest BCUT2D eigenvalue weighted by Gasteiger charge is -2.49. The number of hydrogen-bond donors (Lipinski definition) is 0. The minimum absolute atomic E-state index is 0.328. The van der Waals surface area contributed by atoms with E-state index in [-0.39, 0.29) is 0 Å². The van der Waals surface area contributed by atoms with Crippen LogP contribution in [0, 0.1) is 23.2 Å². The largest absolute Gasteiger partial charge is 0.414 e. The first kappa shape index (κ1) is 19.2. The van der Waals surface area contributed by atoms with Crippen molar-refractivity contribution in [3.63, 3.8) is 0 Å². The van der Waals surface area contributed by atoms with E-state index in [9.17, 15) is 0 Å². The summed E-state index contributed by atoms with van der Waals surface area (Å²) in [5.41, 5.74) is 0.538. The molecular weight excluding hydrogens is 399 g/mol. The summed E-state index contributed by atoms with van der Waals surface area (Å²) in [6.45, 7) is 17.0. The van der Waals surface area contributed by atoms with Gasteiger partial charge >= 0.3 is 0 Å². The molecule has 2 aliphatic carbocycles. The van der Waals surface area contributed by atoms with Crippen molar-refractivity contribution >= 4 is 30.9 Å². The van der Waals surface area contributed by atoms with Gasteiger partial charge in [0.1, 0.15) is 0 Å². The van der Waals surface area contributed by atoms with Crippen LogP contribution in [0.3, 0.4) is 0 Å². The molecule has 0 heterocycles. The molecule has 0 aliphatic heterocycles. The third kappa shape index (κ3) is 3.46. The lowest BCUT2D eigenvalue weighted by molar-refractivity contribution is -0.0179. The highest BCUT2D eigenvalue weighted by atomic mass is 127. The van der Waals surface area contributed by atoms with Crippen molar-refractivity contribution in [3.05, 3.63) is 0 Å². The Hall–Kier alpha value is 0.907. The molecule has 0 radical (unpaired) electrons. The third-order valence-electron chi connectivity index (χ3n) is 7.32. The highest BCUT2D eigenvalue weighted by Crippen LogP contribution is 2.59. The average Bonchev–Trinajstić information content (AvgIpc) is 2.74. The van der Waals surface area contributed by atoms with Crippen molar-refractivity contribution in [2.45, 2.75) is 91.0 Å². The van der Waals surface area contributed by atoms with Gasteiger partial charge in [-0.25, -0.2) is 0 Å². The van der Waals surface area contributed by atoms with Gasteiger partial charge in [0.05, 0.1) is 0 Å². The van der Waals surface area contributed by atoms with Crippen molar-refractivity contribution in [2.24, 2.45) is 23.2 Å². The Labute approximate surface area is 153 Å². The second kappa shape index (κ2) is 6.66. The molecule has 2 rings (SSSR count). The Morgan fingerprint density at radius 1 is 1.23 bits per heavy atom. The summed E-state index contributed by atoms with van der Waals surface area (Å²) in [7, 11) is -1.64. The van der Waals surface area contributed by atoms with Crippen LogP contribution in [0.15, 0.2) is 0 Å². The molecule has 5 atom stereocenters. The smallest absolute Gasteiger partial charge is 0.192 e. The van der Waals surface area contributed by atoms with Crippen molar-refractivity contribution < 1.29 is 4.43 Å². The van der Waals surface area contributed by atoms with Gasteiger partial charge in [-0.1, -0.05) is 63.6 Å². The fraction of sp³-hybridized carbons (Fsp3) is 1.00. The van der Waals surface area contributed by atoms with Crippen LogP contribution >= 0.6 is 22.6 Å². The van der Waals surface area contributed by atoms with Crippen LogP contribution in [0.1, 0.15) is 66.7 Å². The monoisotopic (exact) mass is 436 g/mol. The Balaban J connectivity index is 2.17. The summed E-state index contributed by atoms with van der Waals surface area (Å²) in [4.78, 5) is 0. The third-order valence-corrected chi connectivity index (χ3v) is 13.2. The second-order valence-electron chi connectivity index (χ2n) is 9.74. The molecular formula is C19H37IOSi. The average molecular weight is 436 g/mol. The van der Waals surface area contributed by atoms with Gasteiger partial charge < -0.3 is 4.43 Å². The zero-order valence-corrected chi connectivity index (χ0v) is 19.0. The first-order chi connectivity index (χ1) is 10.0. The van der Waals surface area contributed by atoms with Gasteiger partial charge in [0, 0.05) is 10.5 Å². The highest BCUT2D eigenvalue weighted by Gasteiger charge is 2.54. The molecule has 130 valence electrons. The van der Waals surface area contributed by atoms with Crippen molar-refractivity contribution in [1.82, 2.24) is 0 Å². The fourth-order valence-corrected chi connectivity index (χ4v) is 6.90. The van der Waals surface area contributed by atoms with Crippen LogP contribution < -0.4 is 0 Å². The summed E-state index contributed by atoms with van der Waals surface area (Å²) < 4.78 is 8.23. The molecule has 0 aromatic rings. The number of rotatable bonds is 4. The van der Waals surface area contributed by atoms with E-state index in [0.717, 1.165) is 17.8 Å². The van der Waals surface area contributed by atoms with Gasteiger partial charge in [0.25, 0.3) is 0 Å². The van der Waals surface area contributed by atoms with Gasteiger partial charge in [-0.15, -0.1) is 0 Å². The minimum Gasteiger partial charge on any atom is -0.414 e. The van der Waals surface area contributed by atoms with E-state index < -0.39 is 8.32 Å². The Morgan fingerprint density at radius 3 is 2.41 bits per heavy atom. The maximum Gasteiger partial charge on any atom is 0.192 e. The van der Waals surface area contributed by atoms with Crippen LogP contribution in [0.5, 0.6) is 0 Å². The van der Waals surface area contributed by atoms with E-state index in [4.69, 9.17) is 4.43 Å². The maximum atomic E-state index is 6.92. The van der Waals surface area contributed by atoms with E-state index in [1.54, 1.807) is 0 Å². The predicted octanol–water partition coefficient (Wildman–Crippen LogP) is 6.66. The molecule has 0 N–H and O–H groups in total. The van der Waals surface area contributed by atoms with Crippen LogP contribution in [0.2, 0.25) is 18.1 Å². The number of halogens is 1. The maximum absolute atomic E-state index is 6.92. The van der Waals surface area contributed by atoms with E-state index in [1.165, 1.54) is 36.5 Å². The van der Waals surface area contributed by atoms with Crippen molar-refractivity contribution in [3.8, 4) is 0 Å². The highest BCUT2D eigenvalue weighted by molar-refractivity contribution is 14.1. The predicted molar refractivity (Wildman–Crippen MR) is 108 cm³/mol. The topological polar surface area (TPSA) is 9.23 Å². The summed E-state index contributed by atoms with van der Waals surface area (Å²) in [5.74, 6) is 2.59. The molecule has 0 spiro atoms. The first-order valence-electron chi connectivity index (χ1n) is 9.27. The Kier molecular flexibility index (Phi) is 5.83. The molecule has 0 bridgehead atoms. The van der Waals surface area contributed by atoms with E-state index in [1.807, 2.05) is 0 Å². The van der Waals surface area contributed by atoms with Gasteiger partial charge in [0.15, 0.2) is 8.32 Å². The molecule has 0 aromatic heterocycles. The molecule has 2 aliphatic rings. The first-order valence-corrected chi connectivity index (χ1v) is 13.7. The number of hydrogen-bond acceptors (Lipinski definition) is 1. The minimum atomic E-state index is -1.64. The summed E-state index contributed by atoms with van der Waals surface area (Å²) >= 11 is 2.59. The van der Waals surface area contributed by atoms with Crippen LogP contribution in [0.4, 0.5) is 0 Å². The molecule has 1 nitrogen and oxygen atoms in total. The van der Waals surface area contributed by atoms with Crippen molar-refractivity contribution in [2.75, 3.05) is 4.43 Å². The lowest BCUT2D eigenvalue weighted by atomic mass is 9.62. The zero-order valence-electron chi connectivity index (χ0n) is 15.8. The van der Waals surface area contributed by atoms with Gasteiger partial charge in [-0.05, 0) is 67.0 Å². The fourth-order valence-electron chi connectivity index (χ4n) is 4.90. The van der Waals surface area contributed by atoms with Crippen LogP contribution in [0.25, 0.3) is 0 Å². The van der Waals surface area contributed by atoms with E-state index in [2.05, 4.69) is 70.3 Å². The molecule has 2 fully saturated rings. The molecule has 0 aromatic carbocycles. The standard InChI is InChI=1S/C19H37IOSi/c1-14(13-20)15-10-11-16-17(9-8-12-19(15,16)5)21-22(6,7)18(2,3)4/h14-17H,8-13H2,1-7H3/t14-,15-,16?,17+,19-/m0/s1. The normalized spacial score (nSPS) is 37.9. The van der Waals surface area contributed by atoms with Crippen LogP contribution in [-0.2, 0) is 4.43 Å². The SMILES string of the molecule is C[C@@H](CI)[C@@H]1CCC2[C@H](O[Si](C)(C)C(C)(C)C)CCC[C@]21C. The van der Waals surface area contributed by atoms with Gasteiger partial charge in [-0.2, -0.15) is 0 Å². The molecule has 22 heavy (non-hydrogen) atoms. The summed E-state index contributed by atoms with van der Waals surface area (Å²) in [6, 6.07) is 0. The Morgan fingerprint density at radius 2 is 1.86 bits per heavy atom. The van der Waals surface area contributed by atoms with Crippen LogP contribution in [-0.4, -0.2) is 18.8 Å². The summed E-state index contributed by atoms with van der Waals surface area (Å²) in [6.07, 6.45) is 7.48. The lowest BCUT2D eigenvalue weighted by Crippen LogP contribution is -2.50. The van der Waals surface area contributed by atoms with Gasteiger partial charge in [0.2, 0.25) is 0 Å². The summed E-state index contributed by atoms with van der Waals surface area (Å²) in [5, 5.41) is 0.328.